The fourth-order valence-corrected chi connectivity index (χ4v) is 4.78. The molecule has 0 aliphatic heterocycles. The van der Waals surface area contributed by atoms with Crippen LogP contribution in [0, 0.1) is 0 Å². The first-order valence-corrected chi connectivity index (χ1v) is 10.7. The summed E-state index contributed by atoms with van der Waals surface area (Å²) in [7, 11) is 4.90. The Morgan fingerprint density at radius 3 is 2.45 bits per heavy atom. The molecule has 0 unspecified atom stereocenters. The highest BCUT2D eigenvalue weighted by Gasteiger charge is 2.16. The van der Waals surface area contributed by atoms with Gasteiger partial charge in [0.25, 0.3) is 5.91 Å². The fourth-order valence-electron chi connectivity index (χ4n) is 3.60. The molecule has 160 valence electrons. The first-order chi connectivity index (χ1) is 15.1. The van der Waals surface area contributed by atoms with Crippen molar-refractivity contribution in [2.24, 2.45) is 4.99 Å². The lowest BCUT2D eigenvalue weighted by Gasteiger charge is -2.09. The summed E-state index contributed by atoms with van der Waals surface area (Å²) >= 11 is 1.41. The Kier molecular flexibility index (Phi) is 6.34. The summed E-state index contributed by atoms with van der Waals surface area (Å²) in [5, 5.41) is 2.26. The number of fused-ring (bicyclic) bond motifs is 2. The normalized spacial score (nSPS) is 11.9. The quantitative estimate of drug-likeness (QED) is 0.436. The summed E-state index contributed by atoms with van der Waals surface area (Å²) in [6.07, 6.45) is 0.234. The maximum absolute atomic E-state index is 12.9. The van der Waals surface area contributed by atoms with Crippen molar-refractivity contribution >= 4 is 38.2 Å². The number of aromatic nitrogens is 1. The largest absolute Gasteiger partial charge is 0.495 e. The Morgan fingerprint density at radius 2 is 1.71 bits per heavy atom. The number of hydrogen-bond donors (Lipinski definition) is 0. The van der Waals surface area contributed by atoms with Crippen molar-refractivity contribution in [3.8, 4) is 11.5 Å². The van der Waals surface area contributed by atoms with Crippen LogP contribution in [-0.4, -0.2) is 38.4 Å². The lowest BCUT2D eigenvalue weighted by molar-refractivity contribution is -0.117. The molecule has 31 heavy (non-hydrogen) atoms. The topological polar surface area (TPSA) is 62.1 Å². The molecule has 0 radical (unpaired) electrons. The zero-order valence-corrected chi connectivity index (χ0v) is 18.6. The standard InChI is InChI=1S/C24H24N2O4S/c1-28-13-12-26-22-19(29-2)10-11-20(30-3)23(22)31-24(26)25-21(27)15-16-8-9-17-6-4-5-7-18(17)14-16/h4-11,14H,12-13,15H2,1-3H3. The molecule has 1 amide bonds. The van der Waals surface area contributed by atoms with Crippen molar-refractivity contribution in [1.29, 1.82) is 0 Å². The molecule has 3 aromatic carbocycles. The van der Waals surface area contributed by atoms with Crippen molar-refractivity contribution in [1.82, 2.24) is 4.57 Å². The molecule has 0 spiro atoms. The van der Waals surface area contributed by atoms with Crippen LogP contribution in [0.15, 0.2) is 59.6 Å². The average molecular weight is 437 g/mol. The van der Waals surface area contributed by atoms with Crippen LogP contribution in [0.3, 0.4) is 0 Å². The number of benzene rings is 3. The first kappa shape index (κ1) is 21.1. The van der Waals surface area contributed by atoms with Crippen molar-refractivity contribution in [3.63, 3.8) is 0 Å². The summed E-state index contributed by atoms with van der Waals surface area (Å²) in [5.41, 5.74) is 1.79. The molecule has 4 rings (SSSR count). The Bertz CT molecular complexity index is 1310. The van der Waals surface area contributed by atoms with E-state index in [1.165, 1.54) is 11.3 Å². The number of thiazole rings is 1. The molecule has 7 heteroatoms. The smallest absolute Gasteiger partial charge is 0.252 e. The van der Waals surface area contributed by atoms with Gasteiger partial charge < -0.3 is 18.8 Å². The van der Waals surface area contributed by atoms with Crippen LogP contribution in [0.25, 0.3) is 21.0 Å². The highest BCUT2D eigenvalue weighted by Crippen LogP contribution is 2.35. The second-order valence-electron chi connectivity index (χ2n) is 7.04. The average Bonchev–Trinajstić information content (AvgIpc) is 3.14. The highest BCUT2D eigenvalue weighted by molar-refractivity contribution is 7.16. The zero-order valence-electron chi connectivity index (χ0n) is 17.8. The predicted octanol–water partition coefficient (Wildman–Crippen LogP) is 4.19. The lowest BCUT2D eigenvalue weighted by Crippen LogP contribution is -2.20. The van der Waals surface area contributed by atoms with E-state index < -0.39 is 0 Å². The van der Waals surface area contributed by atoms with E-state index >= 15 is 0 Å². The molecule has 6 nitrogen and oxygen atoms in total. The number of ether oxygens (including phenoxy) is 3. The number of rotatable bonds is 7. The third-order valence-electron chi connectivity index (χ3n) is 5.10. The van der Waals surface area contributed by atoms with Gasteiger partial charge in [-0.05, 0) is 28.5 Å². The minimum absolute atomic E-state index is 0.203. The first-order valence-electron chi connectivity index (χ1n) is 9.93. The van der Waals surface area contributed by atoms with Crippen LogP contribution in [0.4, 0.5) is 0 Å². The number of nitrogens with zero attached hydrogens (tertiary/aromatic N) is 2. The minimum atomic E-state index is -0.203. The summed E-state index contributed by atoms with van der Waals surface area (Å²) in [6.45, 7) is 1.03. The number of amides is 1. The third-order valence-corrected chi connectivity index (χ3v) is 6.19. The van der Waals surface area contributed by atoms with Gasteiger partial charge in [-0.25, -0.2) is 0 Å². The van der Waals surface area contributed by atoms with Crippen molar-refractivity contribution < 1.29 is 19.0 Å². The van der Waals surface area contributed by atoms with E-state index in [0.717, 1.165) is 32.3 Å². The van der Waals surface area contributed by atoms with E-state index in [-0.39, 0.29) is 12.3 Å². The second-order valence-corrected chi connectivity index (χ2v) is 8.02. The van der Waals surface area contributed by atoms with E-state index in [1.807, 2.05) is 53.1 Å². The van der Waals surface area contributed by atoms with Crippen LogP contribution in [0.2, 0.25) is 0 Å². The molecular formula is C24H24N2O4S. The summed E-state index contributed by atoms with van der Waals surface area (Å²) < 4.78 is 19.2. The Hall–Kier alpha value is -3.16. The van der Waals surface area contributed by atoms with Gasteiger partial charge in [0.05, 0.1) is 27.2 Å². The van der Waals surface area contributed by atoms with Crippen molar-refractivity contribution in [2.75, 3.05) is 27.9 Å². The van der Waals surface area contributed by atoms with Gasteiger partial charge >= 0.3 is 0 Å². The Labute approximate surface area is 184 Å². The molecule has 0 N–H and O–H groups in total. The van der Waals surface area contributed by atoms with Gasteiger partial charge in [0.1, 0.15) is 21.7 Å². The van der Waals surface area contributed by atoms with Crippen LogP contribution in [-0.2, 0) is 22.5 Å². The maximum atomic E-state index is 12.9. The van der Waals surface area contributed by atoms with E-state index in [2.05, 4.69) is 11.1 Å². The molecule has 0 atom stereocenters. The molecule has 1 heterocycles. The minimum Gasteiger partial charge on any atom is -0.495 e. The molecule has 4 aromatic rings. The Balaban J connectivity index is 1.76. The molecular weight excluding hydrogens is 412 g/mol. The van der Waals surface area contributed by atoms with Crippen LogP contribution < -0.4 is 14.3 Å². The number of hydrogen-bond acceptors (Lipinski definition) is 5. The van der Waals surface area contributed by atoms with Gasteiger partial charge in [0.2, 0.25) is 0 Å². The van der Waals surface area contributed by atoms with E-state index in [1.54, 1.807) is 21.3 Å². The molecule has 0 fully saturated rings. The van der Waals surface area contributed by atoms with Gasteiger partial charge in [-0.1, -0.05) is 53.8 Å². The van der Waals surface area contributed by atoms with Crippen LogP contribution in [0.5, 0.6) is 11.5 Å². The van der Waals surface area contributed by atoms with Crippen molar-refractivity contribution in [3.05, 3.63) is 65.0 Å². The molecule has 0 aliphatic carbocycles. The summed E-state index contributed by atoms with van der Waals surface area (Å²) in [4.78, 5) is 17.9. The Morgan fingerprint density at radius 1 is 0.968 bits per heavy atom. The van der Waals surface area contributed by atoms with Gasteiger partial charge in [0.15, 0.2) is 4.80 Å². The molecule has 0 bridgehead atoms. The fraction of sp³-hybridized carbons (Fsp3) is 0.250. The molecule has 0 saturated heterocycles. The molecule has 1 aromatic heterocycles. The second kappa shape index (κ2) is 9.32. The van der Waals surface area contributed by atoms with E-state index in [9.17, 15) is 4.79 Å². The summed E-state index contributed by atoms with van der Waals surface area (Å²) in [6, 6.07) is 17.9. The van der Waals surface area contributed by atoms with Gasteiger partial charge in [-0.15, -0.1) is 0 Å². The highest BCUT2D eigenvalue weighted by atomic mass is 32.1. The maximum Gasteiger partial charge on any atom is 0.252 e. The van der Waals surface area contributed by atoms with Gasteiger partial charge in [-0.2, -0.15) is 4.99 Å². The number of methoxy groups -OCH3 is 3. The predicted molar refractivity (Wildman–Crippen MR) is 123 cm³/mol. The van der Waals surface area contributed by atoms with E-state index in [0.29, 0.717) is 23.7 Å². The number of carbonyl (C=O) groups excluding carboxylic acids is 1. The molecule has 0 aliphatic rings. The lowest BCUT2D eigenvalue weighted by atomic mass is 10.1. The monoisotopic (exact) mass is 436 g/mol. The van der Waals surface area contributed by atoms with Crippen molar-refractivity contribution in [2.45, 2.75) is 13.0 Å². The zero-order chi connectivity index (χ0) is 21.8. The van der Waals surface area contributed by atoms with Crippen LogP contribution in [0.1, 0.15) is 5.56 Å². The summed E-state index contributed by atoms with van der Waals surface area (Å²) in [5.74, 6) is 1.22. The third kappa shape index (κ3) is 4.33. The van der Waals surface area contributed by atoms with Crippen LogP contribution >= 0.6 is 11.3 Å². The van der Waals surface area contributed by atoms with E-state index in [4.69, 9.17) is 14.2 Å². The SMILES string of the molecule is COCCn1c(=NC(=O)Cc2ccc3ccccc3c2)sc2c(OC)ccc(OC)c21. The van der Waals surface area contributed by atoms with Gasteiger partial charge in [-0.3, -0.25) is 4.79 Å². The van der Waals surface area contributed by atoms with Gasteiger partial charge in [0, 0.05) is 13.7 Å². The molecule has 0 saturated carbocycles. The number of carbonyl (C=O) groups is 1.